The Labute approximate surface area is 117 Å². The van der Waals surface area contributed by atoms with E-state index in [9.17, 15) is 9.90 Å². The second-order valence-corrected chi connectivity index (χ2v) is 5.47. The number of nitrogens with zero attached hydrogens (tertiary/aromatic N) is 3. The van der Waals surface area contributed by atoms with Crippen molar-refractivity contribution in [2.24, 2.45) is 0 Å². The molecule has 5 heteroatoms. The maximum atomic E-state index is 12.1. The lowest BCUT2D eigenvalue weighted by Gasteiger charge is -2.22. The van der Waals surface area contributed by atoms with Crippen LogP contribution in [0.15, 0.2) is 29.2 Å². The monoisotopic (exact) mass is 273 g/mol. The van der Waals surface area contributed by atoms with E-state index in [-0.39, 0.29) is 18.2 Å². The quantitative estimate of drug-likeness (QED) is 0.905. The fourth-order valence-electron chi connectivity index (χ4n) is 2.85. The summed E-state index contributed by atoms with van der Waals surface area (Å²) in [7, 11) is 0. The molecule has 1 unspecified atom stereocenters. The van der Waals surface area contributed by atoms with Crippen molar-refractivity contribution in [3.63, 3.8) is 0 Å². The Kier molecular flexibility index (Phi) is 3.54. The van der Waals surface area contributed by atoms with Gasteiger partial charge in [0.2, 0.25) is 0 Å². The number of aryl methyl sites for hydroxylation is 1. The first kappa shape index (κ1) is 13.3. The SMILES string of the molecule is Cc1ccn2c(=O)cc(CN3CCCC3CO)nc2c1. The summed E-state index contributed by atoms with van der Waals surface area (Å²) in [6.45, 7) is 3.75. The van der Waals surface area contributed by atoms with Gasteiger partial charge >= 0.3 is 0 Å². The van der Waals surface area contributed by atoms with Gasteiger partial charge in [0.05, 0.1) is 12.3 Å². The van der Waals surface area contributed by atoms with Crippen LogP contribution < -0.4 is 5.56 Å². The lowest BCUT2D eigenvalue weighted by molar-refractivity contribution is 0.152. The summed E-state index contributed by atoms with van der Waals surface area (Å²) in [6, 6.07) is 5.61. The lowest BCUT2D eigenvalue weighted by Crippen LogP contribution is -2.32. The molecule has 20 heavy (non-hydrogen) atoms. The highest BCUT2D eigenvalue weighted by molar-refractivity contribution is 5.41. The first-order valence-electron chi connectivity index (χ1n) is 7.01. The molecule has 1 N–H and O–H groups in total. The van der Waals surface area contributed by atoms with Crippen molar-refractivity contribution >= 4 is 5.65 Å². The summed E-state index contributed by atoms with van der Waals surface area (Å²) >= 11 is 0. The van der Waals surface area contributed by atoms with Gasteiger partial charge in [0.25, 0.3) is 5.56 Å². The summed E-state index contributed by atoms with van der Waals surface area (Å²) < 4.78 is 1.56. The van der Waals surface area contributed by atoms with Crippen molar-refractivity contribution in [2.75, 3.05) is 13.2 Å². The van der Waals surface area contributed by atoms with Gasteiger partial charge in [0, 0.05) is 24.8 Å². The topological polar surface area (TPSA) is 57.8 Å². The van der Waals surface area contributed by atoms with Crippen LogP contribution in [0.1, 0.15) is 24.1 Å². The van der Waals surface area contributed by atoms with Crippen molar-refractivity contribution in [1.29, 1.82) is 0 Å². The van der Waals surface area contributed by atoms with E-state index in [0.29, 0.717) is 12.2 Å². The predicted molar refractivity (Wildman–Crippen MR) is 76.7 cm³/mol. The number of hydrogen-bond donors (Lipinski definition) is 1. The molecule has 0 radical (unpaired) electrons. The Hall–Kier alpha value is -1.72. The van der Waals surface area contributed by atoms with Crippen LogP contribution in [-0.2, 0) is 6.54 Å². The van der Waals surface area contributed by atoms with E-state index in [2.05, 4.69) is 9.88 Å². The van der Waals surface area contributed by atoms with E-state index in [0.717, 1.165) is 30.6 Å². The predicted octanol–water partition coefficient (Wildman–Crippen LogP) is 0.960. The van der Waals surface area contributed by atoms with E-state index in [1.807, 2.05) is 19.1 Å². The number of aromatic nitrogens is 2. The number of fused-ring (bicyclic) bond motifs is 1. The van der Waals surface area contributed by atoms with Gasteiger partial charge < -0.3 is 5.11 Å². The molecule has 0 bridgehead atoms. The number of likely N-dealkylation sites (tertiary alicyclic amines) is 1. The normalized spacial score (nSPS) is 19.8. The third kappa shape index (κ3) is 2.46. The van der Waals surface area contributed by atoms with Crippen molar-refractivity contribution in [3.8, 4) is 0 Å². The number of aliphatic hydroxyl groups excluding tert-OH is 1. The molecular weight excluding hydrogens is 254 g/mol. The molecule has 0 aliphatic carbocycles. The highest BCUT2D eigenvalue weighted by Crippen LogP contribution is 2.18. The van der Waals surface area contributed by atoms with Gasteiger partial charge in [-0.05, 0) is 44.0 Å². The van der Waals surface area contributed by atoms with Gasteiger partial charge in [0.1, 0.15) is 5.65 Å². The van der Waals surface area contributed by atoms with E-state index in [4.69, 9.17) is 0 Å². The average molecular weight is 273 g/mol. The third-order valence-electron chi connectivity index (χ3n) is 3.95. The average Bonchev–Trinajstić information content (AvgIpc) is 2.85. The summed E-state index contributed by atoms with van der Waals surface area (Å²) in [5.41, 5.74) is 2.50. The number of pyridine rings is 1. The number of rotatable bonds is 3. The van der Waals surface area contributed by atoms with Crippen LogP contribution >= 0.6 is 0 Å². The minimum absolute atomic E-state index is 0.0512. The summed E-state index contributed by atoms with van der Waals surface area (Å²) in [5.74, 6) is 0. The molecule has 3 heterocycles. The molecule has 2 aromatic rings. The standard InChI is InChI=1S/C15H19N3O2/c1-11-4-6-18-14(7-11)16-12(8-15(18)20)9-17-5-2-3-13(17)10-19/h4,6-8,13,19H,2-3,5,9-10H2,1H3. The Morgan fingerprint density at radius 3 is 3.10 bits per heavy atom. The van der Waals surface area contributed by atoms with Crippen molar-refractivity contribution in [2.45, 2.75) is 32.4 Å². The summed E-state index contributed by atoms with van der Waals surface area (Å²) in [5, 5.41) is 9.35. The van der Waals surface area contributed by atoms with Crippen LogP contribution in [0, 0.1) is 6.92 Å². The maximum Gasteiger partial charge on any atom is 0.258 e. The van der Waals surface area contributed by atoms with Crippen LogP contribution in [0.25, 0.3) is 5.65 Å². The molecule has 0 spiro atoms. The first-order valence-corrected chi connectivity index (χ1v) is 7.01. The Morgan fingerprint density at radius 2 is 2.30 bits per heavy atom. The molecule has 0 amide bonds. The molecule has 106 valence electrons. The van der Waals surface area contributed by atoms with E-state index in [1.54, 1.807) is 16.7 Å². The second kappa shape index (κ2) is 5.34. The molecule has 2 aromatic heterocycles. The van der Waals surface area contributed by atoms with Crippen molar-refractivity contribution in [3.05, 3.63) is 46.0 Å². The van der Waals surface area contributed by atoms with E-state index in [1.165, 1.54) is 0 Å². The Morgan fingerprint density at radius 1 is 1.45 bits per heavy atom. The molecule has 1 fully saturated rings. The Balaban J connectivity index is 1.94. The molecule has 1 atom stereocenters. The van der Waals surface area contributed by atoms with Gasteiger partial charge in [-0.25, -0.2) is 4.98 Å². The summed E-state index contributed by atoms with van der Waals surface area (Å²) in [4.78, 5) is 18.9. The molecule has 3 rings (SSSR count). The van der Waals surface area contributed by atoms with Crippen LogP contribution in [0.2, 0.25) is 0 Å². The highest BCUT2D eigenvalue weighted by atomic mass is 16.3. The number of hydrogen-bond acceptors (Lipinski definition) is 4. The zero-order valence-corrected chi connectivity index (χ0v) is 11.6. The molecular formula is C15H19N3O2. The largest absolute Gasteiger partial charge is 0.395 e. The smallest absolute Gasteiger partial charge is 0.258 e. The fourth-order valence-corrected chi connectivity index (χ4v) is 2.85. The molecule has 1 aliphatic rings. The van der Waals surface area contributed by atoms with Crippen LogP contribution in [0.3, 0.4) is 0 Å². The molecule has 5 nitrogen and oxygen atoms in total. The van der Waals surface area contributed by atoms with E-state index < -0.39 is 0 Å². The van der Waals surface area contributed by atoms with Gasteiger partial charge in [0.15, 0.2) is 0 Å². The van der Waals surface area contributed by atoms with Crippen molar-refractivity contribution < 1.29 is 5.11 Å². The van der Waals surface area contributed by atoms with E-state index >= 15 is 0 Å². The second-order valence-electron chi connectivity index (χ2n) is 5.47. The lowest BCUT2D eigenvalue weighted by atomic mass is 10.2. The highest BCUT2D eigenvalue weighted by Gasteiger charge is 2.24. The number of aliphatic hydroxyl groups is 1. The molecule has 1 aliphatic heterocycles. The third-order valence-corrected chi connectivity index (χ3v) is 3.95. The maximum absolute atomic E-state index is 12.1. The summed E-state index contributed by atoms with van der Waals surface area (Å²) in [6.07, 6.45) is 3.87. The fraction of sp³-hybridized carbons (Fsp3) is 0.467. The van der Waals surface area contributed by atoms with Crippen molar-refractivity contribution in [1.82, 2.24) is 14.3 Å². The zero-order chi connectivity index (χ0) is 14.1. The van der Waals surface area contributed by atoms with Gasteiger partial charge in [-0.1, -0.05) is 0 Å². The first-order chi connectivity index (χ1) is 9.67. The van der Waals surface area contributed by atoms with Crippen LogP contribution in [-0.4, -0.2) is 38.6 Å². The molecule has 0 saturated carbocycles. The van der Waals surface area contributed by atoms with Gasteiger partial charge in [-0.15, -0.1) is 0 Å². The minimum Gasteiger partial charge on any atom is -0.395 e. The minimum atomic E-state index is -0.0512. The van der Waals surface area contributed by atoms with Crippen LogP contribution in [0.5, 0.6) is 0 Å². The molecule has 0 aromatic carbocycles. The molecule has 1 saturated heterocycles. The van der Waals surface area contributed by atoms with Crippen LogP contribution in [0.4, 0.5) is 0 Å². The zero-order valence-electron chi connectivity index (χ0n) is 11.6. The van der Waals surface area contributed by atoms with Gasteiger partial charge in [-0.3, -0.25) is 14.1 Å². The Bertz CT molecular complexity index is 680. The van der Waals surface area contributed by atoms with Gasteiger partial charge in [-0.2, -0.15) is 0 Å².